The molecule has 3 N–H and O–H groups in total. The minimum absolute atomic E-state index is 0.0810. The Morgan fingerprint density at radius 2 is 1.81 bits per heavy atom. The summed E-state index contributed by atoms with van der Waals surface area (Å²) >= 11 is 0. The van der Waals surface area contributed by atoms with Crippen LogP contribution in [0.15, 0.2) is 41.3 Å². The number of amides is 1. The first kappa shape index (κ1) is 16.0. The normalized spacial score (nSPS) is 14.6. The van der Waals surface area contributed by atoms with Crippen molar-refractivity contribution in [1.29, 1.82) is 0 Å². The molecule has 0 radical (unpaired) electrons. The molecule has 1 amide bonds. The van der Waals surface area contributed by atoms with Gasteiger partial charge in [-0.1, -0.05) is 12.1 Å². The van der Waals surface area contributed by atoms with Crippen molar-refractivity contribution in [2.24, 2.45) is 0 Å². The summed E-state index contributed by atoms with van der Waals surface area (Å²) in [5, 5.41) is 0. The van der Waals surface area contributed by atoms with Gasteiger partial charge in [0.2, 0.25) is 5.95 Å². The van der Waals surface area contributed by atoms with Gasteiger partial charge in [-0.2, -0.15) is 4.98 Å². The smallest absolute Gasteiger partial charge is 0.274 e. The molecule has 1 aliphatic heterocycles. The Labute approximate surface area is 148 Å². The van der Waals surface area contributed by atoms with Gasteiger partial charge in [-0.15, -0.1) is 0 Å². The lowest BCUT2D eigenvalue weighted by Gasteiger charge is -2.35. The van der Waals surface area contributed by atoms with Gasteiger partial charge in [0.1, 0.15) is 11.5 Å². The molecule has 3 aromatic rings. The molecule has 0 spiro atoms. The highest BCUT2D eigenvalue weighted by Gasteiger charge is 2.24. The topological polar surface area (TPSA) is 121 Å². The summed E-state index contributed by atoms with van der Waals surface area (Å²) in [7, 11) is 0. The summed E-state index contributed by atoms with van der Waals surface area (Å²) in [6.45, 7) is 2.12. The Balaban J connectivity index is 1.48. The highest BCUT2D eigenvalue weighted by Crippen LogP contribution is 2.15. The van der Waals surface area contributed by atoms with E-state index in [0.29, 0.717) is 43.2 Å². The zero-order valence-electron chi connectivity index (χ0n) is 13.9. The lowest BCUT2D eigenvalue weighted by molar-refractivity contribution is 0.0740. The number of anilines is 2. The van der Waals surface area contributed by atoms with E-state index in [1.807, 2.05) is 29.2 Å². The van der Waals surface area contributed by atoms with Crippen LogP contribution >= 0.6 is 0 Å². The van der Waals surface area contributed by atoms with Gasteiger partial charge >= 0.3 is 0 Å². The van der Waals surface area contributed by atoms with Crippen LogP contribution in [0.4, 0.5) is 11.8 Å². The van der Waals surface area contributed by atoms with E-state index in [1.54, 1.807) is 4.90 Å². The number of carbonyl (C=O) groups excluding carboxylic acids is 1. The molecule has 9 heteroatoms. The SMILES string of the molecule is Nc1nc(N2CCN(C(=O)c3cnc4ccccc4n3)CC2)cc(=O)[nH]1. The van der Waals surface area contributed by atoms with Crippen LogP contribution in [0.5, 0.6) is 0 Å². The number of nitrogen functional groups attached to an aromatic ring is 1. The minimum atomic E-state index is -0.294. The zero-order valence-corrected chi connectivity index (χ0v) is 13.9. The number of piperazine rings is 1. The van der Waals surface area contributed by atoms with Gasteiger partial charge in [0.05, 0.1) is 17.2 Å². The molecule has 4 rings (SSSR count). The summed E-state index contributed by atoms with van der Waals surface area (Å²) in [5.41, 5.74) is 7.08. The van der Waals surface area contributed by atoms with Crippen LogP contribution in [0.1, 0.15) is 10.5 Å². The van der Waals surface area contributed by atoms with Crippen LogP contribution in [0.3, 0.4) is 0 Å². The number of fused-ring (bicyclic) bond motifs is 1. The molecule has 3 heterocycles. The number of nitrogens with zero attached hydrogens (tertiary/aromatic N) is 5. The van der Waals surface area contributed by atoms with E-state index < -0.39 is 0 Å². The van der Waals surface area contributed by atoms with Crippen molar-refractivity contribution in [3.8, 4) is 0 Å². The lowest BCUT2D eigenvalue weighted by Crippen LogP contribution is -2.49. The van der Waals surface area contributed by atoms with Crippen LogP contribution in [0.25, 0.3) is 11.0 Å². The molecule has 1 aromatic carbocycles. The molecule has 1 fully saturated rings. The largest absolute Gasteiger partial charge is 0.369 e. The van der Waals surface area contributed by atoms with E-state index in [4.69, 9.17) is 5.73 Å². The summed E-state index contributed by atoms with van der Waals surface area (Å²) in [6.07, 6.45) is 1.51. The quantitative estimate of drug-likeness (QED) is 0.679. The number of carbonyl (C=O) groups is 1. The number of H-pyrrole nitrogens is 1. The van der Waals surface area contributed by atoms with Gasteiger partial charge in [0.25, 0.3) is 11.5 Å². The Morgan fingerprint density at radius 3 is 2.54 bits per heavy atom. The number of aromatic amines is 1. The van der Waals surface area contributed by atoms with Crippen molar-refractivity contribution in [2.45, 2.75) is 0 Å². The van der Waals surface area contributed by atoms with Gasteiger partial charge in [-0.3, -0.25) is 19.6 Å². The van der Waals surface area contributed by atoms with Crippen LogP contribution in [-0.2, 0) is 0 Å². The van der Waals surface area contributed by atoms with E-state index in [9.17, 15) is 9.59 Å². The number of hydrogen-bond acceptors (Lipinski definition) is 7. The van der Waals surface area contributed by atoms with E-state index in [1.165, 1.54) is 12.3 Å². The van der Waals surface area contributed by atoms with E-state index in [0.717, 1.165) is 5.52 Å². The van der Waals surface area contributed by atoms with Crippen LogP contribution < -0.4 is 16.2 Å². The fraction of sp³-hybridized carbons (Fsp3) is 0.235. The zero-order chi connectivity index (χ0) is 18.1. The Hall–Kier alpha value is -3.49. The second-order valence-electron chi connectivity index (χ2n) is 6.01. The molecular formula is C17H17N7O2. The Bertz CT molecular complexity index is 1020. The second-order valence-corrected chi connectivity index (χ2v) is 6.01. The number of nitrogens with one attached hydrogen (secondary N) is 1. The molecule has 1 saturated heterocycles. The summed E-state index contributed by atoms with van der Waals surface area (Å²) < 4.78 is 0. The predicted molar refractivity (Wildman–Crippen MR) is 96.9 cm³/mol. The predicted octanol–water partition coefficient (Wildman–Crippen LogP) is 0.258. The first-order valence-electron chi connectivity index (χ1n) is 8.23. The fourth-order valence-corrected chi connectivity index (χ4v) is 2.99. The first-order valence-corrected chi connectivity index (χ1v) is 8.23. The van der Waals surface area contributed by atoms with Crippen molar-refractivity contribution >= 4 is 28.7 Å². The molecule has 9 nitrogen and oxygen atoms in total. The molecule has 26 heavy (non-hydrogen) atoms. The van der Waals surface area contributed by atoms with Crippen molar-refractivity contribution in [3.63, 3.8) is 0 Å². The van der Waals surface area contributed by atoms with Gasteiger partial charge in [-0.25, -0.2) is 4.98 Å². The third kappa shape index (κ3) is 3.06. The number of hydrogen-bond donors (Lipinski definition) is 2. The maximum absolute atomic E-state index is 12.7. The maximum atomic E-state index is 12.7. The number of rotatable bonds is 2. The molecule has 0 unspecified atom stereocenters. The number of para-hydroxylation sites is 2. The van der Waals surface area contributed by atoms with Crippen molar-refractivity contribution < 1.29 is 4.79 Å². The molecule has 1 aliphatic rings. The molecule has 0 saturated carbocycles. The van der Waals surface area contributed by atoms with Crippen molar-refractivity contribution in [3.05, 3.63) is 52.6 Å². The van der Waals surface area contributed by atoms with Gasteiger partial charge in [0, 0.05) is 32.2 Å². The van der Waals surface area contributed by atoms with Crippen molar-refractivity contribution in [2.75, 3.05) is 36.8 Å². The van der Waals surface area contributed by atoms with E-state index in [2.05, 4.69) is 19.9 Å². The highest BCUT2D eigenvalue weighted by molar-refractivity contribution is 5.94. The van der Waals surface area contributed by atoms with Gasteiger partial charge in [-0.05, 0) is 12.1 Å². The molecule has 132 valence electrons. The highest BCUT2D eigenvalue weighted by atomic mass is 16.2. The standard InChI is InChI=1S/C17H17N7O2/c18-17-21-14(9-15(25)22-17)23-5-7-24(8-6-23)16(26)13-10-19-11-3-1-2-4-12(11)20-13/h1-4,9-10H,5-8H2,(H3,18,21,22,25). The average Bonchev–Trinajstić information content (AvgIpc) is 2.66. The molecule has 0 bridgehead atoms. The monoisotopic (exact) mass is 351 g/mol. The van der Waals surface area contributed by atoms with Crippen LogP contribution in [-0.4, -0.2) is 56.9 Å². The average molecular weight is 351 g/mol. The molecular weight excluding hydrogens is 334 g/mol. The molecule has 2 aromatic heterocycles. The Morgan fingerprint density at radius 1 is 1.08 bits per heavy atom. The minimum Gasteiger partial charge on any atom is -0.369 e. The maximum Gasteiger partial charge on any atom is 0.274 e. The fourth-order valence-electron chi connectivity index (χ4n) is 2.99. The van der Waals surface area contributed by atoms with Crippen molar-refractivity contribution in [1.82, 2.24) is 24.8 Å². The lowest BCUT2D eigenvalue weighted by atomic mass is 10.2. The van der Waals surface area contributed by atoms with E-state index >= 15 is 0 Å². The number of aromatic nitrogens is 4. The summed E-state index contributed by atoms with van der Waals surface area (Å²) in [6, 6.07) is 8.84. The van der Waals surface area contributed by atoms with Gasteiger partial charge in [0.15, 0.2) is 0 Å². The third-order valence-corrected chi connectivity index (χ3v) is 4.31. The molecule has 0 atom stereocenters. The third-order valence-electron chi connectivity index (χ3n) is 4.31. The van der Waals surface area contributed by atoms with E-state index in [-0.39, 0.29) is 17.4 Å². The first-order chi connectivity index (χ1) is 12.6. The van der Waals surface area contributed by atoms with Gasteiger partial charge < -0.3 is 15.5 Å². The second kappa shape index (κ2) is 6.43. The summed E-state index contributed by atoms with van der Waals surface area (Å²) in [5.74, 6) is 0.447. The van der Waals surface area contributed by atoms with Crippen LogP contribution in [0.2, 0.25) is 0 Å². The number of benzene rings is 1. The number of nitrogens with two attached hydrogens (primary N) is 1. The summed E-state index contributed by atoms with van der Waals surface area (Å²) in [4.78, 5) is 43.2. The molecule has 0 aliphatic carbocycles. The Kier molecular flexibility index (Phi) is 3.96. The van der Waals surface area contributed by atoms with Crippen LogP contribution in [0, 0.1) is 0 Å².